The van der Waals surface area contributed by atoms with E-state index in [9.17, 15) is 9.59 Å². The number of piperidine rings is 1. The minimum absolute atomic E-state index is 0.0870. The molecule has 3 heterocycles. The second-order valence-corrected chi connectivity index (χ2v) is 6.52. The van der Waals surface area contributed by atoms with Crippen molar-refractivity contribution in [3.63, 3.8) is 0 Å². The molecule has 4 rings (SSSR count). The molecular weight excluding hydrogens is 306 g/mol. The van der Waals surface area contributed by atoms with E-state index in [2.05, 4.69) is 20.2 Å². The van der Waals surface area contributed by atoms with Gasteiger partial charge in [0, 0.05) is 13.1 Å². The number of nitrogens with zero attached hydrogens (tertiary/aromatic N) is 3. The maximum Gasteiger partial charge on any atom is 0.325 e. The van der Waals surface area contributed by atoms with E-state index in [1.54, 1.807) is 0 Å². The molecule has 2 aromatic rings. The van der Waals surface area contributed by atoms with Gasteiger partial charge in [0.2, 0.25) is 0 Å². The first-order valence-corrected chi connectivity index (χ1v) is 8.37. The molecule has 1 spiro atoms. The van der Waals surface area contributed by atoms with Crippen molar-refractivity contribution in [1.82, 2.24) is 25.1 Å². The number of carbonyl (C=O) groups excluding carboxylic acids is 2. The van der Waals surface area contributed by atoms with E-state index >= 15 is 0 Å². The minimum atomic E-state index is -0.700. The number of hydrogen-bond donors (Lipinski definition) is 2. The molecular formula is C17H21N5O2. The molecule has 126 valence electrons. The summed E-state index contributed by atoms with van der Waals surface area (Å²) in [4.78, 5) is 31.0. The number of para-hydroxylation sites is 2. The van der Waals surface area contributed by atoms with Gasteiger partial charge in [-0.25, -0.2) is 9.78 Å². The summed E-state index contributed by atoms with van der Waals surface area (Å²) in [5.41, 5.74) is 1.26. The molecule has 2 aliphatic rings. The zero-order valence-electron chi connectivity index (χ0n) is 13.7. The van der Waals surface area contributed by atoms with Gasteiger partial charge in [0.05, 0.1) is 11.0 Å². The van der Waals surface area contributed by atoms with Gasteiger partial charge in [-0.1, -0.05) is 12.1 Å². The van der Waals surface area contributed by atoms with Crippen LogP contribution in [0, 0.1) is 6.92 Å². The Morgan fingerprint density at radius 3 is 2.71 bits per heavy atom. The summed E-state index contributed by atoms with van der Waals surface area (Å²) >= 11 is 0. The van der Waals surface area contributed by atoms with Crippen molar-refractivity contribution in [1.29, 1.82) is 0 Å². The van der Waals surface area contributed by atoms with Crippen molar-refractivity contribution in [3.8, 4) is 0 Å². The quantitative estimate of drug-likeness (QED) is 0.825. The zero-order chi connectivity index (χ0) is 16.7. The van der Waals surface area contributed by atoms with Crippen molar-refractivity contribution >= 4 is 23.0 Å². The lowest BCUT2D eigenvalue weighted by molar-refractivity contribution is -0.132. The molecule has 0 saturated carbocycles. The van der Waals surface area contributed by atoms with Crippen LogP contribution in [0.5, 0.6) is 0 Å². The van der Waals surface area contributed by atoms with E-state index < -0.39 is 5.54 Å². The highest BCUT2D eigenvalue weighted by molar-refractivity contribution is 6.07. The fourth-order valence-electron chi connectivity index (χ4n) is 3.75. The highest BCUT2D eigenvalue weighted by Crippen LogP contribution is 2.27. The summed E-state index contributed by atoms with van der Waals surface area (Å²) in [6, 6.07) is 7.63. The molecule has 0 unspecified atom stereocenters. The Balaban J connectivity index is 1.54. The average Bonchev–Trinajstić information content (AvgIpc) is 3.01. The van der Waals surface area contributed by atoms with Crippen molar-refractivity contribution in [2.75, 3.05) is 19.6 Å². The van der Waals surface area contributed by atoms with Crippen LogP contribution in [0.25, 0.3) is 11.0 Å². The van der Waals surface area contributed by atoms with E-state index in [4.69, 9.17) is 0 Å². The lowest BCUT2D eigenvalue weighted by atomic mass is 9.88. The Kier molecular flexibility index (Phi) is 3.53. The predicted molar refractivity (Wildman–Crippen MR) is 89.5 cm³/mol. The number of nitrogens with one attached hydrogen (secondary N) is 2. The Bertz CT molecular complexity index is 806. The third-order valence-corrected chi connectivity index (χ3v) is 5.10. The summed E-state index contributed by atoms with van der Waals surface area (Å²) < 4.78 is 2.06. The number of urea groups is 1. The average molecular weight is 327 g/mol. The van der Waals surface area contributed by atoms with E-state index in [0.717, 1.165) is 29.9 Å². The van der Waals surface area contributed by atoms with Gasteiger partial charge in [-0.15, -0.1) is 0 Å². The summed E-state index contributed by atoms with van der Waals surface area (Å²) in [6.45, 7) is 4.37. The summed E-state index contributed by atoms with van der Waals surface area (Å²) in [6.07, 6.45) is 1.31. The molecule has 0 bridgehead atoms. The largest absolute Gasteiger partial charge is 0.326 e. The monoisotopic (exact) mass is 327 g/mol. The SMILES string of the molecule is Cc1nc2ccccc2n1CCN1C(=O)NC2(CCNCC2)C1=O. The normalized spacial score (nSPS) is 20.1. The van der Waals surface area contributed by atoms with Crippen LogP contribution in [0.4, 0.5) is 4.79 Å². The van der Waals surface area contributed by atoms with E-state index in [1.165, 1.54) is 4.90 Å². The predicted octanol–water partition coefficient (Wildman–Crippen LogP) is 1.02. The molecule has 2 aliphatic heterocycles. The fourth-order valence-corrected chi connectivity index (χ4v) is 3.75. The van der Waals surface area contributed by atoms with Crippen molar-refractivity contribution in [2.45, 2.75) is 31.8 Å². The Hall–Kier alpha value is -2.41. The number of imidazole rings is 1. The van der Waals surface area contributed by atoms with Crippen LogP contribution in [0.2, 0.25) is 0 Å². The smallest absolute Gasteiger partial charge is 0.325 e. The molecule has 0 aliphatic carbocycles. The number of rotatable bonds is 3. The maximum atomic E-state index is 12.8. The third kappa shape index (κ3) is 2.27. The maximum absolute atomic E-state index is 12.8. The molecule has 24 heavy (non-hydrogen) atoms. The van der Waals surface area contributed by atoms with Gasteiger partial charge in [-0.3, -0.25) is 9.69 Å². The van der Waals surface area contributed by atoms with Gasteiger partial charge in [0.25, 0.3) is 5.91 Å². The second kappa shape index (κ2) is 5.59. The fraction of sp³-hybridized carbons (Fsp3) is 0.471. The van der Waals surface area contributed by atoms with E-state index in [-0.39, 0.29) is 11.9 Å². The minimum Gasteiger partial charge on any atom is -0.326 e. The number of amides is 3. The number of fused-ring (bicyclic) bond motifs is 1. The first-order chi connectivity index (χ1) is 11.6. The Morgan fingerprint density at radius 1 is 1.17 bits per heavy atom. The van der Waals surface area contributed by atoms with Crippen molar-refractivity contribution in [3.05, 3.63) is 30.1 Å². The number of carbonyl (C=O) groups is 2. The summed E-state index contributed by atoms with van der Waals surface area (Å²) in [5, 5.41) is 6.16. The van der Waals surface area contributed by atoms with Crippen molar-refractivity contribution in [2.24, 2.45) is 0 Å². The first kappa shape index (κ1) is 15.1. The second-order valence-electron chi connectivity index (χ2n) is 6.52. The highest BCUT2D eigenvalue weighted by atomic mass is 16.2. The van der Waals surface area contributed by atoms with Gasteiger partial charge in [0.15, 0.2) is 0 Å². The summed E-state index contributed by atoms with van der Waals surface area (Å²) in [7, 11) is 0. The zero-order valence-corrected chi connectivity index (χ0v) is 13.7. The van der Waals surface area contributed by atoms with Gasteiger partial charge in [0.1, 0.15) is 11.4 Å². The Labute approximate surface area is 140 Å². The van der Waals surface area contributed by atoms with Crippen LogP contribution in [0.3, 0.4) is 0 Å². The molecule has 2 N–H and O–H groups in total. The highest BCUT2D eigenvalue weighted by Gasteiger charge is 2.51. The Morgan fingerprint density at radius 2 is 1.92 bits per heavy atom. The van der Waals surface area contributed by atoms with Crippen LogP contribution in [-0.4, -0.2) is 51.6 Å². The number of hydrogen-bond acceptors (Lipinski definition) is 4. The number of aryl methyl sites for hydroxylation is 1. The molecule has 0 atom stereocenters. The van der Waals surface area contributed by atoms with E-state index in [0.29, 0.717) is 25.9 Å². The number of benzene rings is 1. The molecule has 2 fully saturated rings. The number of aromatic nitrogens is 2. The molecule has 3 amide bonds. The van der Waals surface area contributed by atoms with Crippen molar-refractivity contribution < 1.29 is 9.59 Å². The standard InChI is InChI=1S/C17H21N5O2/c1-12-19-13-4-2-3-5-14(13)21(12)10-11-22-15(23)17(20-16(22)24)6-8-18-9-7-17/h2-5,18H,6-11H2,1H3,(H,20,24). The van der Waals surface area contributed by atoms with Gasteiger partial charge >= 0.3 is 6.03 Å². The topological polar surface area (TPSA) is 79.3 Å². The van der Waals surface area contributed by atoms with Gasteiger partial charge < -0.3 is 15.2 Å². The van der Waals surface area contributed by atoms with Crippen LogP contribution in [0.15, 0.2) is 24.3 Å². The van der Waals surface area contributed by atoms with Crippen LogP contribution in [0.1, 0.15) is 18.7 Å². The molecule has 2 saturated heterocycles. The van der Waals surface area contributed by atoms with Gasteiger partial charge in [-0.2, -0.15) is 0 Å². The summed E-state index contributed by atoms with van der Waals surface area (Å²) in [5.74, 6) is 0.802. The molecule has 7 nitrogen and oxygen atoms in total. The molecule has 0 radical (unpaired) electrons. The molecule has 7 heteroatoms. The van der Waals surface area contributed by atoms with Crippen LogP contribution < -0.4 is 10.6 Å². The lowest BCUT2D eigenvalue weighted by Crippen LogP contribution is -2.54. The third-order valence-electron chi connectivity index (χ3n) is 5.10. The van der Waals surface area contributed by atoms with Crippen LogP contribution >= 0.6 is 0 Å². The molecule has 1 aromatic heterocycles. The number of imide groups is 1. The van der Waals surface area contributed by atoms with Crippen LogP contribution in [-0.2, 0) is 11.3 Å². The molecule has 1 aromatic carbocycles. The van der Waals surface area contributed by atoms with E-state index in [1.807, 2.05) is 31.2 Å². The lowest BCUT2D eigenvalue weighted by Gasteiger charge is -2.31. The first-order valence-electron chi connectivity index (χ1n) is 8.37. The van der Waals surface area contributed by atoms with Gasteiger partial charge in [-0.05, 0) is 45.0 Å².